The van der Waals surface area contributed by atoms with Gasteiger partial charge in [-0.3, -0.25) is 0 Å². The molecular formula is C22H35ClN4O4. The van der Waals surface area contributed by atoms with E-state index in [1.165, 1.54) is 0 Å². The predicted molar refractivity (Wildman–Crippen MR) is 122 cm³/mol. The third kappa shape index (κ3) is 10.7. The number of hydrogen-bond acceptors (Lipinski definition) is 7. The lowest BCUT2D eigenvalue weighted by molar-refractivity contribution is -0.0969. The molecule has 9 heteroatoms. The molecule has 0 radical (unpaired) electrons. The Morgan fingerprint density at radius 1 is 1.16 bits per heavy atom. The second-order valence-corrected chi connectivity index (χ2v) is 9.20. The van der Waals surface area contributed by atoms with Crippen molar-refractivity contribution >= 4 is 23.5 Å². The number of hydrogen-bond donors (Lipinski definition) is 2. The molecule has 0 fully saturated rings. The minimum atomic E-state index is -0.647. The lowest BCUT2D eigenvalue weighted by atomic mass is 9.86. The fraction of sp³-hybridized carbons (Fsp3) is 0.682. The van der Waals surface area contributed by atoms with Crippen LogP contribution in [0.2, 0.25) is 5.28 Å². The van der Waals surface area contributed by atoms with Gasteiger partial charge in [0.2, 0.25) is 11.6 Å². The molecule has 0 bridgehead atoms. The van der Waals surface area contributed by atoms with Gasteiger partial charge in [-0.2, -0.15) is 4.98 Å². The zero-order valence-corrected chi connectivity index (χ0v) is 20.5. The molecule has 2 N–H and O–H groups in total. The van der Waals surface area contributed by atoms with Gasteiger partial charge in [-0.05, 0) is 57.6 Å². The fourth-order valence-corrected chi connectivity index (χ4v) is 2.50. The summed E-state index contributed by atoms with van der Waals surface area (Å²) in [5, 5.41) is 6.24. The average Bonchev–Trinajstić information content (AvgIpc) is 2.62. The van der Waals surface area contributed by atoms with Crippen LogP contribution >= 0.6 is 11.6 Å². The molecule has 0 aliphatic carbocycles. The summed E-state index contributed by atoms with van der Waals surface area (Å²) < 4.78 is 16.3. The number of amides is 1. The van der Waals surface area contributed by atoms with Crippen LogP contribution in [0.4, 0.5) is 10.6 Å². The molecule has 0 saturated carbocycles. The Balaban J connectivity index is 3.07. The van der Waals surface area contributed by atoms with Crippen molar-refractivity contribution in [3.8, 4) is 11.8 Å². The highest BCUT2D eigenvalue weighted by Gasteiger charge is 2.27. The molecule has 174 valence electrons. The van der Waals surface area contributed by atoms with Crippen LogP contribution < -0.4 is 10.6 Å². The van der Waals surface area contributed by atoms with E-state index in [4.69, 9.17) is 25.8 Å². The van der Waals surface area contributed by atoms with E-state index in [9.17, 15) is 4.79 Å². The lowest BCUT2D eigenvalue weighted by Crippen LogP contribution is -2.45. The monoisotopic (exact) mass is 454 g/mol. The van der Waals surface area contributed by atoms with Gasteiger partial charge >= 0.3 is 6.09 Å². The highest BCUT2D eigenvalue weighted by molar-refractivity contribution is 6.28. The van der Waals surface area contributed by atoms with Crippen LogP contribution in [0, 0.1) is 17.3 Å². The molecule has 8 nitrogen and oxygen atoms in total. The van der Waals surface area contributed by atoms with Crippen LogP contribution in [0.3, 0.4) is 0 Å². The lowest BCUT2D eigenvalue weighted by Gasteiger charge is -2.32. The number of carbonyl (C=O) groups excluding carboxylic acids is 1. The molecule has 1 aromatic heterocycles. The van der Waals surface area contributed by atoms with Crippen molar-refractivity contribution in [1.82, 2.24) is 15.3 Å². The molecule has 0 aromatic carbocycles. The summed E-state index contributed by atoms with van der Waals surface area (Å²) in [6, 6.07) is -0.193. The topological polar surface area (TPSA) is 94.6 Å². The number of ether oxygens (including phenoxy) is 3. The summed E-state index contributed by atoms with van der Waals surface area (Å²) in [6.45, 7) is 16.6. The van der Waals surface area contributed by atoms with E-state index in [2.05, 4.69) is 53.2 Å². The molecule has 1 aromatic rings. The van der Waals surface area contributed by atoms with Gasteiger partial charge in [0.25, 0.3) is 0 Å². The van der Waals surface area contributed by atoms with Crippen molar-refractivity contribution in [1.29, 1.82) is 0 Å². The van der Waals surface area contributed by atoms with Crippen molar-refractivity contribution in [3.05, 3.63) is 17.0 Å². The van der Waals surface area contributed by atoms with Gasteiger partial charge in [-0.1, -0.05) is 26.7 Å². The van der Waals surface area contributed by atoms with Gasteiger partial charge < -0.3 is 24.8 Å². The molecule has 0 spiro atoms. The molecule has 1 amide bonds. The SMILES string of the molecule is CCOC(C#Cc1cnc(Cl)nc1N[C@H](CNC(=O)OC(C)(C)C)C(C)(C)C)OCC. The van der Waals surface area contributed by atoms with Crippen LogP contribution in [0.1, 0.15) is 61.0 Å². The molecule has 31 heavy (non-hydrogen) atoms. The first kappa shape index (κ1) is 27.0. The zero-order chi connectivity index (χ0) is 23.7. The summed E-state index contributed by atoms with van der Waals surface area (Å²) in [5.74, 6) is 6.41. The Hall–Kier alpha value is -2.08. The number of carbonyl (C=O) groups is 1. The zero-order valence-electron chi connectivity index (χ0n) is 19.8. The largest absolute Gasteiger partial charge is 0.444 e. The molecule has 1 rings (SSSR count). The molecule has 0 unspecified atom stereocenters. The number of rotatable bonds is 8. The normalized spacial score (nSPS) is 12.7. The van der Waals surface area contributed by atoms with Gasteiger partial charge in [-0.25, -0.2) is 9.78 Å². The maximum absolute atomic E-state index is 12.1. The van der Waals surface area contributed by atoms with Crippen molar-refractivity contribution in [2.75, 3.05) is 25.1 Å². The summed E-state index contributed by atoms with van der Waals surface area (Å²) in [4.78, 5) is 20.4. The van der Waals surface area contributed by atoms with Crippen molar-refractivity contribution in [2.24, 2.45) is 5.41 Å². The third-order valence-corrected chi connectivity index (χ3v) is 4.11. The standard InChI is InChI=1S/C22H35ClN4O4/c1-9-29-17(30-10-2)12-11-15-13-24-19(23)27-18(15)26-16(21(3,4)5)14-25-20(28)31-22(6,7)8/h13,16-17H,9-10,14H2,1-8H3,(H,25,28)(H,24,26,27)/t16-/m1/s1. The van der Waals surface area contributed by atoms with Gasteiger partial charge in [0.05, 0.1) is 5.56 Å². The predicted octanol–water partition coefficient (Wildman–Crippen LogP) is 4.23. The van der Waals surface area contributed by atoms with Gasteiger partial charge in [0.1, 0.15) is 11.4 Å². The number of nitrogens with zero attached hydrogens (tertiary/aromatic N) is 2. The van der Waals surface area contributed by atoms with Crippen LogP contribution in [0.25, 0.3) is 0 Å². The van der Waals surface area contributed by atoms with E-state index >= 15 is 0 Å². The Labute approximate surface area is 190 Å². The van der Waals surface area contributed by atoms with E-state index in [-0.39, 0.29) is 16.7 Å². The Kier molecular flexibility index (Phi) is 10.5. The maximum Gasteiger partial charge on any atom is 0.407 e. The second kappa shape index (κ2) is 12.1. The van der Waals surface area contributed by atoms with Crippen molar-refractivity contribution in [3.63, 3.8) is 0 Å². The number of aromatic nitrogens is 2. The van der Waals surface area contributed by atoms with Gasteiger partial charge in [0.15, 0.2) is 0 Å². The first-order valence-electron chi connectivity index (χ1n) is 10.4. The van der Waals surface area contributed by atoms with Crippen LogP contribution in [-0.4, -0.2) is 53.8 Å². The summed E-state index contributed by atoms with van der Waals surface area (Å²) in [5.41, 5.74) is -0.258. The molecule has 1 heterocycles. The Morgan fingerprint density at radius 2 is 1.77 bits per heavy atom. The molecule has 1 atom stereocenters. The number of alkyl carbamates (subject to hydrolysis) is 1. The molecular weight excluding hydrogens is 420 g/mol. The second-order valence-electron chi connectivity index (χ2n) is 8.86. The van der Waals surface area contributed by atoms with Crippen LogP contribution in [-0.2, 0) is 14.2 Å². The average molecular weight is 455 g/mol. The smallest absolute Gasteiger partial charge is 0.407 e. The summed E-state index contributed by atoms with van der Waals surface area (Å²) in [6.07, 6.45) is 0.409. The minimum absolute atomic E-state index is 0.0898. The van der Waals surface area contributed by atoms with E-state index < -0.39 is 18.0 Å². The van der Waals surface area contributed by atoms with Gasteiger partial charge in [0, 0.05) is 32.0 Å². The van der Waals surface area contributed by atoms with E-state index in [1.807, 2.05) is 34.6 Å². The maximum atomic E-state index is 12.1. The number of nitrogens with one attached hydrogen (secondary N) is 2. The highest BCUT2D eigenvalue weighted by atomic mass is 35.5. The minimum Gasteiger partial charge on any atom is -0.444 e. The first-order valence-corrected chi connectivity index (χ1v) is 10.7. The van der Waals surface area contributed by atoms with E-state index in [0.717, 1.165) is 0 Å². The molecule has 0 aliphatic heterocycles. The highest BCUT2D eigenvalue weighted by Crippen LogP contribution is 2.24. The van der Waals surface area contributed by atoms with Crippen molar-refractivity contribution in [2.45, 2.75) is 73.3 Å². The van der Waals surface area contributed by atoms with Crippen LogP contribution in [0.5, 0.6) is 0 Å². The summed E-state index contributed by atoms with van der Waals surface area (Å²) in [7, 11) is 0. The quantitative estimate of drug-likeness (QED) is 0.344. The van der Waals surface area contributed by atoms with Crippen LogP contribution in [0.15, 0.2) is 6.20 Å². The fourth-order valence-electron chi connectivity index (χ4n) is 2.37. The Morgan fingerprint density at radius 3 is 2.29 bits per heavy atom. The van der Waals surface area contributed by atoms with E-state index in [1.54, 1.807) is 6.20 Å². The number of halogens is 1. The summed E-state index contributed by atoms with van der Waals surface area (Å²) >= 11 is 6.03. The molecule has 0 aliphatic rings. The first-order chi connectivity index (χ1) is 14.4. The third-order valence-electron chi connectivity index (χ3n) is 3.93. The number of anilines is 1. The van der Waals surface area contributed by atoms with Crippen molar-refractivity contribution < 1.29 is 19.0 Å². The Bertz CT molecular complexity index is 772. The van der Waals surface area contributed by atoms with Gasteiger partial charge in [-0.15, -0.1) is 0 Å². The molecule has 0 saturated heterocycles. The van der Waals surface area contributed by atoms with E-state index in [0.29, 0.717) is 31.1 Å².